The van der Waals surface area contributed by atoms with Gasteiger partial charge >= 0.3 is 5.69 Å². The van der Waals surface area contributed by atoms with Crippen molar-refractivity contribution >= 4 is 40.6 Å². The number of anilines is 4. The molecule has 0 spiro atoms. The van der Waals surface area contributed by atoms with E-state index in [1.165, 1.54) is 0 Å². The molecule has 1 aromatic heterocycles. The van der Waals surface area contributed by atoms with E-state index >= 15 is 0 Å². The van der Waals surface area contributed by atoms with E-state index in [2.05, 4.69) is 15.3 Å². The van der Waals surface area contributed by atoms with Crippen LogP contribution in [0.4, 0.5) is 29.0 Å². The van der Waals surface area contributed by atoms with Crippen LogP contribution in [0.15, 0.2) is 24.3 Å². The van der Waals surface area contributed by atoms with Gasteiger partial charge in [0.2, 0.25) is 17.6 Å². The average molecular weight is 379 g/mol. The third kappa shape index (κ3) is 3.94. The molecule has 0 amide bonds. The molecule has 1 fully saturated rings. The van der Waals surface area contributed by atoms with Crippen LogP contribution >= 0.6 is 11.6 Å². The summed E-state index contributed by atoms with van der Waals surface area (Å²) in [5.41, 5.74) is 6.10. The van der Waals surface area contributed by atoms with Gasteiger partial charge in [-0.25, -0.2) is 0 Å². The highest BCUT2D eigenvalue weighted by Crippen LogP contribution is 2.33. The quantitative estimate of drug-likeness (QED) is 0.615. The van der Waals surface area contributed by atoms with Gasteiger partial charge in [-0.1, -0.05) is 11.6 Å². The number of aromatic nitrogens is 2. The number of nitro groups is 1. The monoisotopic (exact) mass is 378 g/mol. The summed E-state index contributed by atoms with van der Waals surface area (Å²) in [4.78, 5) is 21.2. The molecule has 0 bridgehead atoms. The molecule has 0 aliphatic carbocycles. The third-order valence-electron chi connectivity index (χ3n) is 3.89. The molecule has 1 aliphatic heterocycles. The number of benzene rings is 1. The molecule has 1 saturated heterocycles. The molecule has 138 valence electrons. The largest absolute Gasteiger partial charge is 0.378 e. The minimum atomic E-state index is -0.595. The molecule has 10 heteroatoms. The fraction of sp³-hybridized carbons (Fsp3) is 0.375. The number of morpholine rings is 1. The lowest BCUT2D eigenvalue weighted by atomic mass is 10.2. The van der Waals surface area contributed by atoms with Crippen LogP contribution in [-0.4, -0.2) is 40.2 Å². The number of hydrogen-bond acceptors (Lipinski definition) is 8. The molecule has 2 atom stereocenters. The van der Waals surface area contributed by atoms with Crippen LogP contribution in [0.5, 0.6) is 0 Å². The molecule has 3 rings (SSSR count). The molecular formula is C16H19ClN6O3. The SMILES string of the molecule is C[C@H]1CN(c2nc(N)c([N+](=O)[O-])c(Nc3ccc(Cl)cc3)n2)C[C@H](C)O1. The van der Waals surface area contributed by atoms with Crippen LogP contribution in [0.25, 0.3) is 0 Å². The Morgan fingerprint density at radius 2 is 1.88 bits per heavy atom. The lowest BCUT2D eigenvalue weighted by Crippen LogP contribution is -2.46. The Kier molecular flexibility index (Phi) is 5.10. The van der Waals surface area contributed by atoms with E-state index in [1.807, 2.05) is 18.7 Å². The van der Waals surface area contributed by atoms with Gasteiger partial charge < -0.3 is 20.7 Å². The summed E-state index contributed by atoms with van der Waals surface area (Å²) in [7, 11) is 0. The second-order valence-corrected chi connectivity index (χ2v) is 6.59. The number of hydrogen-bond donors (Lipinski definition) is 2. The van der Waals surface area contributed by atoms with Gasteiger partial charge in [-0.2, -0.15) is 9.97 Å². The zero-order valence-electron chi connectivity index (χ0n) is 14.3. The number of rotatable bonds is 4. The Morgan fingerprint density at radius 3 is 2.46 bits per heavy atom. The van der Waals surface area contributed by atoms with Crippen LogP contribution in [-0.2, 0) is 4.74 Å². The van der Waals surface area contributed by atoms with Gasteiger partial charge in [0.05, 0.1) is 17.1 Å². The van der Waals surface area contributed by atoms with E-state index in [0.717, 1.165) is 0 Å². The summed E-state index contributed by atoms with van der Waals surface area (Å²) in [5.74, 6) is 0.168. The van der Waals surface area contributed by atoms with Crippen molar-refractivity contribution in [1.29, 1.82) is 0 Å². The molecule has 2 aromatic rings. The van der Waals surface area contributed by atoms with E-state index < -0.39 is 4.92 Å². The van der Waals surface area contributed by atoms with Crippen molar-refractivity contribution in [3.8, 4) is 0 Å². The second kappa shape index (κ2) is 7.30. The minimum Gasteiger partial charge on any atom is -0.378 e. The molecule has 0 radical (unpaired) electrons. The van der Waals surface area contributed by atoms with E-state index in [9.17, 15) is 10.1 Å². The maximum Gasteiger partial charge on any atom is 0.353 e. The van der Waals surface area contributed by atoms with Crippen molar-refractivity contribution in [2.24, 2.45) is 0 Å². The molecule has 0 unspecified atom stereocenters. The van der Waals surface area contributed by atoms with Crippen molar-refractivity contribution in [3.05, 3.63) is 39.4 Å². The van der Waals surface area contributed by atoms with E-state index in [0.29, 0.717) is 29.7 Å². The maximum absolute atomic E-state index is 11.4. The van der Waals surface area contributed by atoms with Gasteiger partial charge in [-0.05, 0) is 38.1 Å². The Balaban J connectivity index is 1.99. The Morgan fingerprint density at radius 1 is 1.27 bits per heavy atom. The highest BCUT2D eigenvalue weighted by molar-refractivity contribution is 6.30. The van der Waals surface area contributed by atoms with Gasteiger partial charge in [0.25, 0.3) is 0 Å². The first-order valence-electron chi connectivity index (χ1n) is 8.08. The normalized spacial score (nSPS) is 20.0. The van der Waals surface area contributed by atoms with Gasteiger partial charge in [-0.3, -0.25) is 10.1 Å². The standard InChI is InChI=1S/C16H19ClN6O3/c1-9-7-22(8-10(2)26-9)16-20-14(18)13(23(24)25)15(21-16)19-12-5-3-11(17)4-6-12/h3-6,9-10H,7-8H2,1-2H3,(H3,18,19,20,21)/t9-,10-/m0/s1. The zero-order valence-corrected chi connectivity index (χ0v) is 15.1. The number of nitrogen functional groups attached to an aromatic ring is 1. The Bertz CT molecular complexity index is 806. The van der Waals surface area contributed by atoms with Crippen LogP contribution in [0.3, 0.4) is 0 Å². The van der Waals surface area contributed by atoms with Crippen LogP contribution in [0, 0.1) is 10.1 Å². The molecule has 3 N–H and O–H groups in total. The zero-order chi connectivity index (χ0) is 18.8. The van der Waals surface area contributed by atoms with E-state index in [4.69, 9.17) is 22.1 Å². The van der Waals surface area contributed by atoms with Crippen molar-refractivity contribution < 1.29 is 9.66 Å². The first-order valence-corrected chi connectivity index (χ1v) is 8.46. The molecule has 9 nitrogen and oxygen atoms in total. The number of nitrogens with zero attached hydrogens (tertiary/aromatic N) is 4. The number of halogens is 1. The molecule has 2 heterocycles. The van der Waals surface area contributed by atoms with Crippen molar-refractivity contribution in [3.63, 3.8) is 0 Å². The van der Waals surface area contributed by atoms with Gasteiger partial charge in [-0.15, -0.1) is 0 Å². The van der Waals surface area contributed by atoms with Crippen molar-refractivity contribution in [2.75, 3.05) is 29.0 Å². The number of nitrogens with one attached hydrogen (secondary N) is 1. The maximum atomic E-state index is 11.4. The molecule has 0 saturated carbocycles. The predicted octanol–water partition coefficient (Wildman–Crippen LogP) is 2.98. The van der Waals surface area contributed by atoms with E-state index in [-0.39, 0.29) is 29.5 Å². The molecule has 1 aromatic carbocycles. The summed E-state index contributed by atoms with van der Waals surface area (Å²) in [6.07, 6.45) is -0.0159. The van der Waals surface area contributed by atoms with Crippen LogP contribution in [0.2, 0.25) is 5.02 Å². The second-order valence-electron chi connectivity index (χ2n) is 6.16. The van der Waals surface area contributed by atoms with E-state index in [1.54, 1.807) is 24.3 Å². The lowest BCUT2D eigenvalue weighted by molar-refractivity contribution is -0.383. The minimum absolute atomic E-state index is 0.00793. The summed E-state index contributed by atoms with van der Waals surface area (Å²) in [6.45, 7) is 5.04. The Hall–Kier alpha value is -2.65. The predicted molar refractivity (Wildman–Crippen MR) is 100 cm³/mol. The van der Waals surface area contributed by atoms with Gasteiger partial charge in [0, 0.05) is 23.8 Å². The Labute approximate surface area is 155 Å². The summed E-state index contributed by atoms with van der Waals surface area (Å²) in [6, 6.07) is 6.74. The fourth-order valence-corrected chi connectivity index (χ4v) is 3.01. The highest BCUT2D eigenvalue weighted by atomic mass is 35.5. The lowest BCUT2D eigenvalue weighted by Gasteiger charge is -2.35. The first kappa shape index (κ1) is 18.2. The fourth-order valence-electron chi connectivity index (χ4n) is 2.88. The topological polar surface area (TPSA) is 119 Å². The molecule has 1 aliphatic rings. The van der Waals surface area contributed by atoms with Gasteiger partial charge in [0.15, 0.2) is 0 Å². The summed E-state index contributed by atoms with van der Waals surface area (Å²) < 4.78 is 5.70. The number of ether oxygens (including phenoxy) is 1. The average Bonchev–Trinajstić information content (AvgIpc) is 2.55. The van der Waals surface area contributed by atoms with Gasteiger partial charge in [0.1, 0.15) is 0 Å². The summed E-state index contributed by atoms with van der Waals surface area (Å²) in [5, 5.41) is 14.9. The van der Waals surface area contributed by atoms with Crippen molar-refractivity contribution in [2.45, 2.75) is 26.1 Å². The van der Waals surface area contributed by atoms with Crippen LogP contribution in [0.1, 0.15) is 13.8 Å². The third-order valence-corrected chi connectivity index (χ3v) is 4.14. The molecule has 26 heavy (non-hydrogen) atoms. The molecular weight excluding hydrogens is 360 g/mol. The number of nitrogens with two attached hydrogens (primary N) is 1. The smallest absolute Gasteiger partial charge is 0.353 e. The highest BCUT2D eigenvalue weighted by Gasteiger charge is 2.29. The van der Waals surface area contributed by atoms with Crippen LogP contribution < -0.4 is 16.0 Å². The van der Waals surface area contributed by atoms with Crippen molar-refractivity contribution in [1.82, 2.24) is 9.97 Å². The first-order chi connectivity index (χ1) is 12.3. The summed E-state index contributed by atoms with van der Waals surface area (Å²) >= 11 is 5.88.